The van der Waals surface area contributed by atoms with E-state index >= 15 is 0 Å². The van der Waals surface area contributed by atoms with Crippen LogP contribution in [0.1, 0.15) is 33.6 Å². The lowest BCUT2D eigenvalue weighted by Gasteiger charge is -2.31. The van der Waals surface area contributed by atoms with Crippen LogP contribution < -0.4 is 5.73 Å². The number of amides is 2. The summed E-state index contributed by atoms with van der Waals surface area (Å²) in [6.45, 7) is 5.53. The van der Waals surface area contributed by atoms with Crippen LogP contribution in [0.15, 0.2) is 0 Å². The standard InChI is InChI=1S/C10H20N2O3/c1-5-6-7-15-9(14)12(4)10(2,3)8(11)13/h5-7H2,1-4H3,(H2,11,13). The summed E-state index contributed by atoms with van der Waals surface area (Å²) >= 11 is 0. The Kier molecular flexibility index (Phi) is 5.11. The van der Waals surface area contributed by atoms with Gasteiger partial charge in [0.15, 0.2) is 0 Å². The van der Waals surface area contributed by atoms with Gasteiger partial charge in [-0.1, -0.05) is 13.3 Å². The molecule has 15 heavy (non-hydrogen) atoms. The Labute approximate surface area is 90.6 Å². The van der Waals surface area contributed by atoms with Crippen LogP contribution >= 0.6 is 0 Å². The lowest BCUT2D eigenvalue weighted by atomic mass is 10.0. The summed E-state index contributed by atoms with van der Waals surface area (Å²) in [4.78, 5) is 23.7. The molecule has 0 fully saturated rings. The first-order valence-electron chi connectivity index (χ1n) is 5.04. The second-order valence-electron chi connectivity index (χ2n) is 3.95. The molecule has 0 heterocycles. The van der Waals surface area contributed by atoms with Crippen molar-refractivity contribution in [2.45, 2.75) is 39.2 Å². The molecular weight excluding hydrogens is 196 g/mol. The summed E-state index contributed by atoms with van der Waals surface area (Å²) in [5, 5.41) is 0. The summed E-state index contributed by atoms with van der Waals surface area (Å²) in [6.07, 6.45) is 1.25. The predicted molar refractivity (Wildman–Crippen MR) is 57.3 cm³/mol. The number of carbonyl (C=O) groups excluding carboxylic acids is 2. The monoisotopic (exact) mass is 216 g/mol. The van der Waals surface area contributed by atoms with Gasteiger partial charge in [-0.3, -0.25) is 9.69 Å². The Bertz CT molecular complexity index is 239. The number of ether oxygens (including phenoxy) is 1. The summed E-state index contributed by atoms with van der Waals surface area (Å²) in [7, 11) is 1.50. The van der Waals surface area contributed by atoms with Crippen LogP contribution in [0.2, 0.25) is 0 Å². The van der Waals surface area contributed by atoms with Gasteiger partial charge in [0, 0.05) is 7.05 Å². The maximum Gasteiger partial charge on any atom is 0.410 e. The Hall–Kier alpha value is -1.26. The van der Waals surface area contributed by atoms with Crippen molar-refractivity contribution in [1.29, 1.82) is 0 Å². The Morgan fingerprint density at radius 1 is 1.40 bits per heavy atom. The van der Waals surface area contributed by atoms with E-state index in [1.54, 1.807) is 13.8 Å². The van der Waals surface area contributed by atoms with Crippen molar-refractivity contribution < 1.29 is 14.3 Å². The van der Waals surface area contributed by atoms with E-state index in [0.29, 0.717) is 6.61 Å². The van der Waals surface area contributed by atoms with Crippen LogP contribution in [0.25, 0.3) is 0 Å². The second kappa shape index (κ2) is 5.58. The fourth-order valence-electron chi connectivity index (χ4n) is 0.794. The van der Waals surface area contributed by atoms with Gasteiger partial charge in [0.05, 0.1) is 6.61 Å². The highest BCUT2D eigenvalue weighted by Gasteiger charge is 2.34. The van der Waals surface area contributed by atoms with Crippen LogP contribution in [0.5, 0.6) is 0 Å². The minimum atomic E-state index is -1.02. The van der Waals surface area contributed by atoms with Gasteiger partial charge in [-0.05, 0) is 20.3 Å². The van der Waals surface area contributed by atoms with E-state index < -0.39 is 17.5 Å². The summed E-state index contributed by atoms with van der Waals surface area (Å²) < 4.78 is 4.96. The first-order chi connectivity index (χ1) is 6.84. The Balaban J connectivity index is 4.25. The number of unbranched alkanes of at least 4 members (excludes halogenated alkanes) is 1. The second-order valence-corrected chi connectivity index (χ2v) is 3.95. The SMILES string of the molecule is CCCCOC(=O)N(C)C(C)(C)C(N)=O. The highest BCUT2D eigenvalue weighted by Crippen LogP contribution is 2.12. The molecule has 0 aliphatic carbocycles. The van der Waals surface area contributed by atoms with Crippen LogP contribution in [-0.2, 0) is 9.53 Å². The third-order valence-electron chi connectivity index (χ3n) is 2.44. The number of hydrogen-bond acceptors (Lipinski definition) is 3. The molecular formula is C10H20N2O3. The summed E-state index contributed by atoms with van der Waals surface area (Å²) in [6, 6.07) is 0. The number of nitrogens with two attached hydrogens (primary N) is 1. The molecule has 5 heteroatoms. The molecule has 88 valence electrons. The smallest absolute Gasteiger partial charge is 0.410 e. The number of nitrogens with zero attached hydrogens (tertiary/aromatic N) is 1. The summed E-state index contributed by atoms with van der Waals surface area (Å²) in [5.41, 5.74) is 4.15. The predicted octanol–water partition coefficient (Wildman–Crippen LogP) is 1.12. The van der Waals surface area contributed by atoms with Crippen molar-refractivity contribution in [3.05, 3.63) is 0 Å². The zero-order chi connectivity index (χ0) is 12.1. The third-order valence-corrected chi connectivity index (χ3v) is 2.44. The van der Waals surface area contributed by atoms with E-state index in [9.17, 15) is 9.59 Å². The molecule has 0 aliphatic rings. The highest BCUT2D eigenvalue weighted by atomic mass is 16.6. The van der Waals surface area contributed by atoms with Crippen LogP contribution in [0.3, 0.4) is 0 Å². The lowest BCUT2D eigenvalue weighted by molar-refractivity contribution is -0.126. The summed E-state index contributed by atoms with van der Waals surface area (Å²) in [5.74, 6) is -0.558. The molecule has 0 aromatic rings. The molecule has 0 saturated heterocycles. The number of carbonyl (C=O) groups is 2. The fraction of sp³-hybridized carbons (Fsp3) is 0.800. The lowest BCUT2D eigenvalue weighted by Crippen LogP contribution is -2.54. The van der Waals surface area contributed by atoms with Crippen LogP contribution in [0.4, 0.5) is 4.79 Å². The average molecular weight is 216 g/mol. The molecule has 0 spiro atoms. The van der Waals surface area contributed by atoms with E-state index in [4.69, 9.17) is 10.5 Å². The zero-order valence-electron chi connectivity index (χ0n) is 9.87. The molecule has 5 nitrogen and oxygen atoms in total. The van der Waals surface area contributed by atoms with Crippen molar-refractivity contribution in [3.8, 4) is 0 Å². The van der Waals surface area contributed by atoms with Gasteiger partial charge < -0.3 is 10.5 Å². The van der Waals surface area contributed by atoms with Gasteiger partial charge in [0.2, 0.25) is 5.91 Å². The molecule has 0 unspecified atom stereocenters. The topological polar surface area (TPSA) is 72.6 Å². The van der Waals surface area contributed by atoms with Gasteiger partial charge in [-0.2, -0.15) is 0 Å². The zero-order valence-corrected chi connectivity index (χ0v) is 9.87. The molecule has 0 atom stereocenters. The molecule has 0 radical (unpaired) electrons. The van der Waals surface area contributed by atoms with Crippen molar-refractivity contribution >= 4 is 12.0 Å². The molecule has 0 aromatic carbocycles. The first-order valence-corrected chi connectivity index (χ1v) is 5.04. The van der Waals surface area contributed by atoms with Crippen molar-refractivity contribution in [1.82, 2.24) is 4.90 Å². The number of hydrogen-bond donors (Lipinski definition) is 1. The number of likely N-dealkylation sites (N-methyl/N-ethyl adjacent to an activating group) is 1. The Morgan fingerprint density at radius 3 is 2.33 bits per heavy atom. The van der Waals surface area contributed by atoms with E-state index in [1.807, 2.05) is 6.92 Å². The molecule has 0 aromatic heterocycles. The molecule has 2 N–H and O–H groups in total. The van der Waals surface area contributed by atoms with E-state index in [0.717, 1.165) is 12.8 Å². The normalized spacial score (nSPS) is 10.9. The van der Waals surface area contributed by atoms with Gasteiger partial charge >= 0.3 is 6.09 Å². The minimum absolute atomic E-state index is 0.370. The molecule has 0 bridgehead atoms. The van der Waals surface area contributed by atoms with Gasteiger partial charge in [0.25, 0.3) is 0 Å². The minimum Gasteiger partial charge on any atom is -0.449 e. The third kappa shape index (κ3) is 3.77. The maximum atomic E-state index is 11.5. The van der Waals surface area contributed by atoms with E-state index in [2.05, 4.69) is 0 Å². The molecule has 2 amide bonds. The van der Waals surface area contributed by atoms with Crippen molar-refractivity contribution in [2.75, 3.05) is 13.7 Å². The number of rotatable bonds is 5. The fourth-order valence-corrected chi connectivity index (χ4v) is 0.794. The quantitative estimate of drug-likeness (QED) is 0.700. The molecule has 0 saturated carbocycles. The largest absolute Gasteiger partial charge is 0.449 e. The first kappa shape index (κ1) is 13.7. The van der Waals surface area contributed by atoms with Crippen molar-refractivity contribution in [2.24, 2.45) is 5.73 Å². The number of primary amides is 1. The van der Waals surface area contributed by atoms with Gasteiger partial charge in [0.1, 0.15) is 5.54 Å². The molecule has 0 aliphatic heterocycles. The van der Waals surface area contributed by atoms with Crippen LogP contribution in [0, 0.1) is 0 Å². The van der Waals surface area contributed by atoms with Gasteiger partial charge in [-0.15, -0.1) is 0 Å². The molecule has 0 rings (SSSR count). The van der Waals surface area contributed by atoms with Gasteiger partial charge in [-0.25, -0.2) is 4.79 Å². The van der Waals surface area contributed by atoms with Crippen LogP contribution in [-0.4, -0.2) is 36.1 Å². The van der Waals surface area contributed by atoms with E-state index in [1.165, 1.54) is 11.9 Å². The maximum absolute atomic E-state index is 11.5. The van der Waals surface area contributed by atoms with E-state index in [-0.39, 0.29) is 0 Å². The van der Waals surface area contributed by atoms with Crippen molar-refractivity contribution in [3.63, 3.8) is 0 Å². The Morgan fingerprint density at radius 2 is 1.93 bits per heavy atom. The average Bonchev–Trinajstić information content (AvgIpc) is 2.16. The highest BCUT2D eigenvalue weighted by molar-refractivity contribution is 5.87.